The van der Waals surface area contributed by atoms with Crippen LogP contribution < -0.4 is 4.74 Å². The maximum absolute atomic E-state index is 12.0. The van der Waals surface area contributed by atoms with Crippen molar-refractivity contribution in [3.8, 4) is 5.75 Å². The first-order valence-electron chi connectivity index (χ1n) is 8.52. The first kappa shape index (κ1) is 20.6. The van der Waals surface area contributed by atoms with Crippen LogP contribution in [0.25, 0.3) is 0 Å². The molecule has 1 aromatic carbocycles. The van der Waals surface area contributed by atoms with Gasteiger partial charge in [-0.3, -0.25) is 19.7 Å². The van der Waals surface area contributed by atoms with Gasteiger partial charge in [0, 0.05) is 31.6 Å². The van der Waals surface area contributed by atoms with Crippen LogP contribution in [0.5, 0.6) is 5.75 Å². The van der Waals surface area contributed by atoms with E-state index < -0.39 is 4.92 Å². The van der Waals surface area contributed by atoms with Gasteiger partial charge in [0.05, 0.1) is 17.1 Å². The zero-order valence-electron chi connectivity index (χ0n) is 15.1. The molecule has 0 fully saturated rings. The highest BCUT2D eigenvalue weighted by atomic mass is 16.6. The smallest absolute Gasteiger partial charge is 0.280 e. The van der Waals surface area contributed by atoms with Crippen LogP contribution >= 0.6 is 0 Å². The summed E-state index contributed by atoms with van der Waals surface area (Å²) in [5.41, 5.74) is 0.227. The summed E-state index contributed by atoms with van der Waals surface area (Å²) in [5.74, 6) is 0.505. The Bertz CT molecular complexity index is 616. The Morgan fingerprint density at radius 3 is 2.64 bits per heavy atom. The molecule has 0 atom stereocenters. The van der Waals surface area contributed by atoms with Crippen LogP contribution in [0.1, 0.15) is 54.9 Å². The number of aldehydes is 1. The molecule has 0 aliphatic rings. The standard InChI is InChI=1S/C18H26N2O5/c1-4-5-6-11-19(3)18(22)8-7-12-25-17-10-9-16(20(23)24)15(13-21)14(17)2/h9-10,13H,4-8,11-12H2,1-3H3. The van der Waals surface area contributed by atoms with E-state index in [1.807, 2.05) is 0 Å². The molecule has 0 spiro atoms. The Hall–Kier alpha value is -2.44. The number of amides is 1. The number of carbonyl (C=O) groups excluding carboxylic acids is 2. The molecule has 0 saturated carbocycles. The minimum absolute atomic E-state index is 0.0224. The lowest BCUT2D eigenvalue weighted by atomic mass is 10.1. The molecule has 0 aliphatic carbocycles. The van der Waals surface area contributed by atoms with E-state index in [2.05, 4.69) is 6.92 Å². The van der Waals surface area contributed by atoms with Crippen molar-refractivity contribution in [1.29, 1.82) is 0 Å². The number of carbonyl (C=O) groups is 2. The van der Waals surface area contributed by atoms with Crippen LogP contribution in [0, 0.1) is 17.0 Å². The van der Waals surface area contributed by atoms with Crippen LogP contribution in [0.3, 0.4) is 0 Å². The lowest BCUT2D eigenvalue weighted by Gasteiger charge is -2.17. The Labute approximate surface area is 148 Å². The average molecular weight is 350 g/mol. The number of nitrogens with zero attached hydrogens (tertiary/aromatic N) is 2. The molecule has 0 bridgehead atoms. The molecule has 7 heteroatoms. The molecule has 0 aliphatic heterocycles. The molecule has 25 heavy (non-hydrogen) atoms. The summed E-state index contributed by atoms with van der Waals surface area (Å²) in [6.45, 7) is 4.80. The van der Waals surface area contributed by atoms with E-state index >= 15 is 0 Å². The quantitative estimate of drug-likeness (QED) is 0.264. The van der Waals surface area contributed by atoms with Crippen molar-refractivity contribution >= 4 is 17.9 Å². The van der Waals surface area contributed by atoms with E-state index in [0.717, 1.165) is 25.8 Å². The van der Waals surface area contributed by atoms with Crippen molar-refractivity contribution in [1.82, 2.24) is 4.90 Å². The predicted molar refractivity (Wildman–Crippen MR) is 95.1 cm³/mol. The molecular formula is C18H26N2O5. The van der Waals surface area contributed by atoms with Gasteiger partial charge in [-0.15, -0.1) is 0 Å². The van der Waals surface area contributed by atoms with Gasteiger partial charge >= 0.3 is 0 Å². The molecule has 0 N–H and O–H groups in total. The molecule has 1 aromatic rings. The number of unbranched alkanes of at least 4 members (excludes halogenated alkanes) is 2. The first-order chi connectivity index (χ1) is 11.9. The van der Waals surface area contributed by atoms with Gasteiger partial charge < -0.3 is 9.64 Å². The van der Waals surface area contributed by atoms with Crippen LogP contribution in [-0.2, 0) is 4.79 Å². The van der Waals surface area contributed by atoms with Crippen molar-refractivity contribution < 1.29 is 19.2 Å². The average Bonchev–Trinajstić information content (AvgIpc) is 2.59. The second kappa shape index (κ2) is 10.4. The monoisotopic (exact) mass is 350 g/mol. The van der Waals surface area contributed by atoms with Gasteiger partial charge in [-0.05, 0) is 25.8 Å². The van der Waals surface area contributed by atoms with E-state index in [-0.39, 0.29) is 17.2 Å². The van der Waals surface area contributed by atoms with E-state index in [1.54, 1.807) is 18.9 Å². The number of nitro groups is 1. The summed E-state index contributed by atoms with van der Waals surface area (Å²) in [7, 11) is 1.80. The van der Waals surface area contributed by atoms with Gasteiger partial charge in [-0.1, -0.05) is 19.8 Å². The van der Waals surface area contributed by atoms with E-state index in [4.69, 9.17) is 4.74 Å². The van der Waals surface area contributed by atoms with Crippen molar-refractivity contribution in [2.75, 3.05) is 20.2 Å². The predicted octanol–water partition coefficient (Wildman–Crippen LogP) is 3.52. The van der Waals surface area contributed by atoms with Gasteiger partial charge in [-0.2, -0.15) is 0 Å². The van der Waals surface area contributed by atoms with Gasteiger partial charge in [0.1, 0.15) is 5.75 Å². The van der Waals surface area contributed by atoms with E-state index in [1.165, 1.54) is 12.1 Å². The maximum Gasteiger partial charge on any atom is 0.280 e. The number of nitro benzene ring substituents is 1. The lowest BCUT2D eigenvalue weighted by molar-refractivity contribution is -0.385. The van der Waals surface area contributed by atoms with E-state index in [9.17, 15) is 19.7 Å². The van der Waals surface area contributed by atoms with Gasteiger partial charge in [0.25, 0.3) is 5.69 Å². The fourth-order valence-electron chi connectivity index (χ4n) is 2.48. The number of hydrogen-bond acceptors (Lipinski definition) is 5. The third-order valence-electron chi connectivity index (χ3n) is 4.07. The zero-order chi connectivity index (χ0) is 18.8. The Kier molecular flexibility index (Phi) is 8.60. The normalized spacial score (nSPS) is 10.4. The van der Waals surface area contributed by atoms with E-state index in [0.29, 0.717) is 37.0 Å². The topological polar surface area (TPSA) is 89.8 Å². The van der Waals surface area contributed by atoms with Gasteiger partial charge in [0.15, 0.2) is 6.29 Å². The van der Waals surface area contributed by atoms with Crippen LogP contribution in [-0.4, -0.2) is 42.2 Å². The zero-order valence-corrected chi connectivity index (χ0v) is 15.1. The Morgan fingerprint density at radius 1 is 1.32 bits per heavy atom. The molecule has 1 rings (SSSR count). The maximum atomic E-state index is 12.0. The molecule has 1 amide bonds. The molecule has 138 valence electrons. The second-order valence-corrected chi connectivity index (χ2v) is 5.97. The summed E-state index contributed by atoms with van der Waals surface area (Å²) < 4.78 is 5.59. The molecule has 0 saturated heterocycles. The number of ether oxygens (including phenoxy) is 1. The Morgan fingerprint density at radius 2 is 2.04 bits per heavy atom. The third kappa shape index (κ3) is 6.17. The van der Waals surface area contributed by atoms with Gasteiger partial charge in [0.2, 0.25) is 5.91 Å². The van der Waals surface area contributed by atoms with Crippen LogP contribution in [0.4, 0.5) is 5.69 Å². The molecule has 0 heterocycles. The van der Waals surface area contributed by atoms with Gasteiger partial charge in [-0.25, -0.2) is 0 Å². The summed E-state index contributed by atoms with van der Waals surface area (Å²) in [6.07, 6.45) is 4.63. The molecule has 7 nitrogen and oxygen atoms in total. The largest absolute Gasteiger partial charge is 0.493 e. The fourth-order valence-corrected chi connectivity index (χ4v) is 2.48. The minimum atomic E-state index is -0.590. The summed E-state index contributed by atoms with van der Waals surface area (Å²) >= 11 is 0. The summed E-state index contributed by atoms with van der Waals surface area (Å²) in [4.78, 5) is 35.1. The highest BCUT2D eigenvalue weighted by molar-refractivity contribution is 5.84. The highest BCUT2D eigenvalue weighted by Gasteiger charge is 2.18. The van der Waals surface area contributed by atoms with Crippen LogP contribution in [0.2, 0.25) is 0 Å². The minimum Gasteiger partial charge on any atom is -0.493 e. The molecule has 0 unspecified atom stereocenters. The second-order valence-electron chi connectivity index (χ2n) is 5.97. The Balaban J connectivity index is 2.50. The number of hydrogen-bond donors (Lipinski definition) is 0. The SMILES string of the molecule is CCCCCN(C)C(=O)CCCOc1ccc([N+](=O)[O-])c(C=O)c1C. The lowest BCUT2D eigenvalue weighted by Crippen LogP contribution is -2.27. The summed E-state index contributed by atoms with van der Waals surface area (Å²) in [6, 6.07) is 2.75. The third-order valence-corrected chi connectivity index (χ3v) is 4.07. The van der Waals surface area contributed by atoms with Crippen LogP contribution in [0.15, 0.2) is 12.1 Å². The molecular weight excluding hydrogens is 324 g/mol. The van der Waals surface area contributed by atoms with Crippen molar-refractivity contribution in [2.24, 2.45) is 0 Å². The number of benzene rings is 1. The number of rotatable bonds is 11. The molecule has 0 radical (unpaired) electrons. The fraction of sp³-hybridized carbons (Fsp3) is 0.556. The first-order valence-corrected chi connectivity index (χ1v) is 8.52. The summed E-state index contributed by atoms with van der Waals surface area (Å²) in [5, 5.41) is 10.9. The molecule has 0 aromatic heterocycles. The van der Waals surface area contributed by atoms with Crippen molar-refractivity contribution in [3.63, 3.8) is 0 Å². The van der Waals surface area contributed by atoms with Crippen molar-refractivity contribution in [3.05, 3.63) is 33.4 Å². The van der Waals surface area contributed by atoms with Crippen molar-refractivity contribution in [2.45, 2.75) is 46.0 Å². The highest BCUT2D eigenvalue weighted by Crippen LogP contribution is 2.28.